The van der Waals surface area contributed by atoms with Gasteiger partial charge in [0.25, 0.3) is 5.91 Å². The molecule has 4 rings (SSSR count). The fourth-order valence-electron chi connectivity index (χ4n) is 2.82. The van der Waals surface area contributed by atoms with Gasteiger partial charge in [-0.25, -0.2) is 14.6 Å². The monoisotopic (exact) mass is 384 g/mol. The average molecular weight is 384 g/mol. The van der Waals surface area contributed by atoms with Crippen molar-refractivity contribution < 1.29 is 4.79 Å². The molecular formula is C22H20N6O. The van der Waals surface area contributed by atoms with E-state index in [1.165, 1.54) is 6.33 Å². The molecule has 0 unspecified atom stereocenters. The number of aromatic nitrogens is 4. The van der Waals surface area contributed by atoms with E-state index >= 15 is 0 Å². The van der Waals surface area contributed by atoms with Crippen molar-refractivity contribution in [2.75, 3.05) is 10.6 Å². The van der Waals surface area contributed by atoms with Crippen LogP contribution in [0.2, 0.25) is 0 Å². The summed E-state index contributed by atoms with van der Waals surface area (Å²) in [7, 11) is 0. The highest BCUT2D eigenvalue weighted by Gasteiger charge is 2.08. The van der Waals surface area contributed by atoms with Gasteiger partial charge in [0, 0.05) is 35.4 Å². The Balaban J connectivity index is 1.43. The van der Waals surface area contributed by atoms with Crippen LogP contribution in [0.4, 0.5) is 17.2 Å². The van der Waals surface area contributed by atoms with Gasteiger partial charge in [-0.1, -0.05) is 6.07 Å². The molecule has 2 heterocycles. The average Bonchev–Trinajstić information content (AvgIpc) is 3.27. The van der Waals surface area contributed by atoms with Gasteiger partial charge in [-0.3, -0.25) is 4.79 Å². The molecule has 0 saturated heterocycles. The Morgan fingerprint density at radius 3 is 2.45 bits per heavy atom. The van der Waals surface area contributed by atoms with Crippen molar-refractivity contribution in [3.63, 3.8) is 0 Å². The minimum Gasteiger partial charge on any atom is -0.340 e. The summed E-state index contributed by atoms with van der Waals surface area (Å²) in [4.78, 5) is 20.9. The number of hydrogen-bond acceptors (Lipinski definition) is 5. The fourth-order valence-corrected chi connectivity index (χ4v) is 2.82. The third-order valence-corrected chi connectivity index (χ3v) is 4.58. The first kappa shape index (κ1) is 18.4. The zero-order chi connectivity index (χ0) is 20.2. The molecule has 29 heavy (non-hydrogen) atoms. The van der Waals surface area contributed by atoms with Crippen molar-refractivity contribution in [2.45, 2.75) is 13.8 Å². The van der Waals surface area contributed by atoms with E-state index in [-0.39, 0.29) is 5.91 Å². The second kappa shape index (κ2) is 7.93. The van der Waals surface area contributed by atoms with Crippen LogP contribution in [-0.4, -0.2) is 25.7 Å². The molecule has 0 atom stereocenters. The summed E-state index contributed by atoms with van der Waals surface area (Å²) in [6.45, 7) is 4.02. The predicted molar refractivity (Wildman–Crippen MR) is 113 cm³/mol. The summed E-state index contributed by atoms with van der Waals surface area (Å²) < 4.78 is 1.66. The van der Waals surface area contributed by atoms with Gasteiger partial charge in [0.1, 0.15) is 12.1 Å². The number of benzene rings is 2. The van der Waals surface area contributed by atoms with Crippen LogP contribution in [0.15, 0.2) is 73.3 Å². The second-order valence-corrected chi connectivity index (χ2v) is 6.67. The molecule has 0 aliphatic carbocycles. The summed E-state index contributed by atoms with van der Waals surface area (Å²) in [5.74, 6) is 1.19. The van der Waals surface area contributed by atoms with Crippen molar-refractivity contribution in [3.8, 4) is 5.82 Å². The molecule has 0 radical (unpaired) electrons. The van der Waals surface area contributed by atoms with E-state index in [9.17, 15) is 4.79 Å². The molecular weight excluding hydrogens is 364 g/mol. The second-order valence-electron chi connectivity index (χ2n) is 6.67. The van der Waals surface area contributed by atoms with Crippen molar-refractivity contribution in [3.05, 3.63) is 90.0 Å². The molecule has 0 aliphatic rings. The van der Waals surface area contributed by atoms with Gasteiger partial charge in [-0.05, 0) is 67.4 Å². The molecule has 0 aliphatic heterocycles. The van der Waals surface area contributed by atoms with Crippen molar-refractivity contribution in [2.24, 2.45) is 0 Å². The van der Waals surface area contributed by atoms with E-state index in [4.69, 9.17) is 0 Å². The number of aryl methyl sites for hydroxylation is 2. The lowest BCUT2D eigenvalue weighted by molar-refractivity contribution is 0.102. The minimum atomic E-state index is -0.131. The van der Waals surface area contributed by atoms with E-state index < -0.39 is 0 Å². The highest BCUT2D eigenvalue weighted by atomic mass is 16.1. The maximum absolute atomic E-state index is 12.5. The summed E-state index contributed by atoms with van der Waals surface area (Å²) in [6, 6.07) is 16.8. The Hall–Kier alpha value is -4.00. The number of carbonyl (C=O) groups excluding carboxylic acids is 1. The standard InChI is InChI=1S/C22H20N6O/c1-15-4-5-17(12-16(15)2)22(29)27-19-8-6-18(7-9-19)26-20-13-21(24-14-23-20)28-11-3-10-25-28/h3-14H,1-2H3,(H,27,29)(H,23,24,26). The predicted octanol–water partition coefficient (Wildman–Crippen LogP) is 4.28. The third kappa shape index (κ3) is 4.30. The fraction of sp³-hybridized carbons (Fsp3) is 0.0909. The summed E-state index contributed by atoms with van der Waals surface area (Å²) in [5, 5.41) is 10.3. The molecule has 0 spiro atoms. The summed E-state index contributed by atoms with van der Waals surface area (Å²) in [5.41, 5.74) is 4.47. The lowest BCUT2D eigenvalue weighted by atomic mass is 10.1. The van der Waals surface area contributed by atoms with Gasteiger partial charge >= 0.3 is 0 Å². The third-order valence-electron chi connectivity index (χ3n) is 4.58. The lowest BCUT2D eigenvalue weighted by Crippen LogP contribution is -2.12. The molecule has 7 nitrogen and oxygen atoms in total. The van der Waals surface area contributed by atoms with E-state index in [2.05, 4.69) is 25.7 Å². The number of amides is 1. The van der Waals surface area contributed by atoms with E-state index in [1.807, 2.05) is 74.6 Å². The number of nitrogens with zero attached hydrogens (tertiary/aromatic N) is 4. The van der Waals surface area contributed by atoms with Gasteiger partial charge in [0.2, 0.25) is 0 Å². The van der Waals surface area contributed by atoms with E-state index in [0.717, 1.165) is 22.5 Å². The number of hydrogen-bond donors (Lipinski definition) is 2. The zero-order valence-electron chi connectivity index (χ0n) is 16.1. The Bertz CT molecular complexity index is 1140. The summed E-state index contributed by atoms with van der Waals surface area (Å²) >= 11 is 0. The summed E-state index contributed by atoms with van der Waals surface area (Å²) in [6.07, 6.45) is 5.00. The van der Waals surface area contributed by atoms with Crippen LogP contribution < -0.4 is 10.6 Å². The normalized spacial score (nSPS) is 10.6. The first-order chi connectivity index (χ1) is 14.1. The molecule has 2 N–H and O–H groups in total. The Morgan fingerprint density at radius 2 is 1.72 bits per heavy atom. The number of nitrogens with one attached hydrogen (secondary N) is 2. The number of carbonyl (C=O) groups is 1. The highest BCUT2D eigenvalue weighted by molar-refractivity contribution is 6.04. The van der Waals surface area contributed by atoms with Gasteiger partial charge in [-0.2, -0.15) is 5.10 Å². The molecule has 1 amide bonds. The molecule has 2 aromatic carbocycles. The molecule has 144 valence electrons. The maximum atomic E-state index is 12.5. The highest BCUT2D eigenvalue weighted by Crippen LogP contribution is 2.19. The zero-order valence-corrected chi connectivity index (χ0v) is 16.1. The first-order valence-electron chi connectivity index (χ1n) is 9.16. The van der Waals surface area contributed by atoms with Crippen molar-refractivity contribution >= 4 is 23.1 Å². The van der Waals surface area contributed by atoms with E-state index in [1.54, 1.807) is 10.9 Å². The van der Waals surface area contributed by atoms with Crippen LogP contribution in [-0.2, 0) is 0 Å². The van der Waals surface area contributed by atoms with Crippen LogP contribution in [0.1, 0.15) is 21.5 Å². The Kier molecular flexibility index (Phi) is 5.03. The maximum Gasteiger partial charge on any atom is 0.255 e. The largest absolute Gasteiger partial charge is 0.340 e. The molecule has 0 fully saturated rings. The smallest absolute Gasteiger partial charge is 0.255 e. The van der Waals surface area contributed by atoms with Gasteiger partial charge in [-0.15, -0.1) is 0 Å². The van der Waals surface area contributed by atoms with Gasteiger partial charge < -0.3 is 10.6 Å². The topological polar surface area (TPSA) is 84.7 Å². The van der Waals surface area contributed by atoms with E-state index in [0.29, 0.717) is 17.2 Å². The Labute approximate surface area is 168 Å². The minimum absolute atomic E-state index is 0.131. The first-order valence-corrected chi connectivity index (χ1v) is 9.16. The lowest BCUT2D eigenvalue weighted by Gasteiger charge is -2.10. The molecule has 4 aromatic rings. The van der Waals surface area contributed by atoms with Crippen LogP contribution in [0, 0.1) is 13.8 Å². The van der Waals surface area contributed by atoms with Crippen molar-refractivity contribution in [1.29, 1.82) is 0 Å². The quantitative estimate of drug-likeness (QED) is 0.537. The van der Waals surface area contributed by atoms with Crippen LogP contribution in [0.5, 0.6) is 0 Å². The van der Waals surface area contributed by atoms with Crippen LogP contribution in [0.3, 0.4) is 0 Å². The molecule has 0 bridgehead atoms. The number of rotatable bonds is 5. The van der Waals surface area contributed by atoms with Gasteiger partial charge in [0.15, 0.2) is 5.82 Å². The molecule has 0 saturated carbocycles. The molecule has 7 heteroatoms. The SMILES string of the molecule is Cc1ccc(C(=O)Nc2ccc(Nc3cc(-n4cccn4)ncn3)cc2)cc1C. The molecule has 2 aromatic heterocycles. The van der Waals surface area contributed by atoms with Crippen molar-refractivity contribution in [1.82, 2.24) is 19.7 Å². The van der Waals surface area contributed by atoms with Crippen LogP contribution >= 0.6 is 0 Å². The van der Waals surface area contributed by atoms with Crippen LogP contribution in [0.25, 0.3) is 5.82 Å². The van der Waals surface area contributed by atoms with Gasteiger partial charge in [0.05, 0.1) is 0 Å². The number of anilines is 3. The Morgan fingerprint density at radius 1 is 0.931 bits per heavy atom.